The first-order valence-corrected chi connectivity index (χ1v) is 8.92. The predicted molar refractivity (Wildman–Crippen MR) is 99.5 cm³/mol. The van der Waals surface area contributed by atoms with Gasteiger partial charge in [0.05, 0.1) is 12.6 Å². The van der Waals surface area contributed by atoms with E-state index in [-0.39, 0.29) is 12.8 Å². The fourth-order valence-electron chi connectivity index (χ4n) is 2.14. The van der Waals surface area contributed by atoms with Gasteiger partial charge < -0.3 is 38.3 Å². The normalized spacial score (nSPS) is 13.7. The summed E-state index contributed by atoms with van der Waals surface area (Å²) in [6.07, 6.45) is 1.48. The van der Waals surface area contributed by atoms with E-state index in [2.05, 4.69) is 16.0 Å². The molecule has 0 aliphatic carbocycles. The number of carbonyl (C=O) groups excluding carboxylic acids is 4. The number of nitrogens with one attached hydrogen (secondary N) is 3. The van der Waals surface area contributed by atoms with Gasteiger partial charge in [-0.2, -0.15) is 0 Å². The van der Waals surface area contributed by atoms with Gasteiger partial charge in [0.25, 0.3) is 0 Å². The Hall–Kier alpha value is -2.73. The van der Waals surface area contributed by atoms with Gasteiger partial charge in [-0.1, -0.05) is 6.42 Å². The van der Waals surface area contributed by atoms with Gasteiger partial charge in [-0.05, 0) is 32.7 Å². The van der Waals surface area contributed by atoms with Crippen LogP contribution in [0.1, 0.15) is 39.0 Å². The molecule has 12 nitrogen and oxygen atoms in total. The van der Waals surface area contributed by atoms with Crippen LogP contribution in [0.25, 0.3) is 0 Å². The third kappa shape index (κ3) is 11.1. The predicted octanol–water partition coefficient (Wildman–Crippen LogP) is -3.10. The van der Waals surface area contributed by atoms with Crippen LogP contribution in [0.3, 0.4) is 0 Å². The fourth-order valence-corrected chi connectivity index (χ4v) is 2.14. The molecule has 0 fully saturated rings. The molecule has 3 unspecified atom stereocenters. The molecule has 0 aliphatic heterocycles. The van der Waals surface area contributed by atoms with Crippen molar-refractivity contribution >= 4 is 29.6 Å². The Bertz CT molecular complexity index is 570. The highest BCUT2D eigenvalue weighted by molar-refractivity contribution is 5.92. The van der Waals surface area contributed by atoms with Crippen LogP contribution in [0, 0.1) is 0 Å². The summed E-state index contributed by atoms with van der Waals surface area (Å²) in [5, 5.41) is 15.9. The van der Waals surface area contributed by atoms with E-state index in [0.29, 0.717) is 19.4 Å². The Labute approximate surface area is 162 Å². The molecule has 0 aliphatic rings. The minimum atomic E-state index is -1.33. The molecule has 0 saturated carbocycles. The monoisotopic (exact) mass is 402 g/mol. The molecule has 0 radical (unpaired) electrons. The Kier molecular flexibility index (Phi) is 12.1. The third-order valence-electron chi connectivity index (χ3n) is 3.79. The van der Waals surface area contributed by atoms with Gasteiger partial charge in [0.1, 0.15) is 12.1 Å². The topological polar surface area (TPSA) is 220 Å². The molecule has 160 valence electrons. The maximum Gasteiger partial charge on any atom is 0.326 e. The molecule has 4 amide bonds. The number of carbonyl (C=O) groups is 5. The van der Waals surface area contributed by atoms with E-state index in [1.54, 1.807) is 0 Å². The molecular formula is C16H30N6O6. The lowest BCUT2D eigenvalue weighted by atomic mass is 10.1. The van der Waals surface area contributed by atoms with E-state index in [1.165, 1.54) is 6.92 Å². The number of carboxylic acids is 1. The van der Waals surface area contributed by atoms with Gasteiger partial charge in [-0.15, -0.1) is 0 Å². The molecule has 3 atom stereocenters. The largest absolute Gasteiger partial charge is 0.480 e. The lowest BCUT2D eigenvalue weighted by Gasteiger charge is -2.18. The lowest BCUT2D eigenvalue weighted by molar-refractivity contribution is -0.142. The first-order chi connectivity index (χ1) is 13.1. The number of hydrogen-bond donors (Lipinski definition) is 7. The van der Waals surface area contributed by atoms with Crippen LogP contribution in [0.5, 0.6) is 0 Å². The second-order valence-corrected chi connectivity index (χ2v) is 6.30. The molecule has 0 aromatic carbocycles. The SMILES string of the molecule is CC(NC(=O)C(N)CCCCN)C(=O)NCC(=O)NC(CCC(N)=O)C(=O)O. The molecule has 10 N–H and O–H groups in total. The highest BCUT2D eigenvalue weighted by Gasteiger charge is 2.22. The van der Waals surface area contributed by atoms with Crippen molar-refractivity contribution in [3.63, 3.8) is 0 Å². The molecule has 0 rings (SSSR count). The summed E-state index contributed by atoms with van der Waals surface area (Å²) in [7, 11) is 0. The number of rotatable bonds is 14. The van der Waals surface area contributed by atoms with Crippen LogP contribution in [0.15, 0.2) is 0 Å². The van der Waals surface area contributed by atoms with Gasteiger partial charge in [0.15, 0.2) is 0 Å². The van der Waals surface area contributed by atoms with Crippen LogP contribution in [0.2, 0.25) is 0 Å². The van der Waals surface area contributed by atoms with Gasteiger partial charge in [-0.25, -0.2) is 4.79 Å². The molecule has 0 saturated heterocycles. The average Bonchev–Trinajstić information content (AvgIpc) is 2.62. The summed E-state index contributed by atoms with van der Waals surface area (Å²) in [6.45, 7) is 1.42. The van der Waals surface area contributed by atoms with Crippen LogP contribution >= 0.6 is 0 Å². The highest BCUT2D eigenvalue weighted by atomic mass is 16.4. The van der Waals surface area contributed by atoms with E-state index >= 15 is 0 Å². The molecule has 0 aromatic heterocycles. The first-order valence-electron chi connectivity index (χ1n) is 8.92. The van der Waals surface area contributed by atoms with Crippen molar-refractivity contribution in [2.75, 3.05) is 13.1 Å². The van der Waals surface area contributed by atoms with E-state index in [0.717, 1.165) is 6.42 Å². The fraction of sp³-hybridized carbons (Fsp3) is 0.688. The zero-order valence-electron chi connectivity index (χ0n) is 15.9. The number of primary amides is 1. The van der Waals surface area contributed by atoms with Crippen LogP contribution in [0.4, 0.5) is 0 Å². The Morgan fingerprint density at radius 2 is 1.64 bits per heavy atom. The summed E-state index contributed by atoms with van der Waals surface area (Å²) in [5.41, 5.74) is 16.0. The van der Waals surface area contributed by atoms with Crippen molar-refractivity contribution in [2.45, 2.75) is 57.2 Å². The highest BCUT2D eigenvalue weighted by Crippen LogP contribution is 1.99. The minimum Gasteiger partial charge on any atom is -0.480 e. The lowest BCUT2D eigenvalue weighted by Crippen LogP contribution is -2.52. The van der Waals surface area contributed by atoms with Crippen molar-refractivity contribution in [2.24, 2.45) is 17.2 Å². The van der Waals surface area contributed by atoms with Gasteiger partial charge >= 0.3 is 5.97 Å². The smallest absolute Gasteiger partial charge is 0.326 e. The van der Waals surface area contributed by atoms with Gasteiger partial charge in [0, 0.05) is 6.42 Å². The van der Waals surface area contributed by atoms with Crippen molar-refractivity contribution in [1.82, 2.24) is 16.0 Å². The Balaban J connectivity index is 4.35. The standard InChI is InChI=1S/C16H30N6O6/c1-9(21-15(26)10(18)4-2-3-7-17)14(25)20-8-13(24)22-11(16(27)28)5-6-12(19)23/h9-11H,2-8,17-18H2,1H3,(H2,19,23)(H,20,25)(H,21,26)(H,22,24)(H,27,28). The molecule has 0 heterocycles. The summed E-state index contributed by atoms with van der Waals surface area (Å²) in [5.74, 6) is -3.92. The number of hydrogen-bond acceptors (Lipinski definition) is 7. The molecule has 28 heavy (non-hydrogen) atoms. The number of nitrogens with two attached hydrogens (primary N) is 3. The number of unbranched alkanes of at least 4 members (excludes halogenated alkanes) is 1. The van der Waals surface area contributed by atoms with Gasteiger partial charge in [-0.3, -0.25) is 19.2 Å². The zero-order valence-corrected chi connectivity index (χ0v) is 15.9. The van der Waals surface area contributed by atoms with Crippen LogP contribution in [-0.2, 0) is 24.0 Å². The maximum atomic E-state index is 12.0. The summed E-state index contributed by atoms with van der Waals surface area (Å²) in [4.78, 5) is 57.4. The van der Waals surface area contributed by atoms with Gasteiger partial charge in [0.2, 0.25) is 23.6 Å². The summed E-state index contributed by atoms with van der Waals surface area (Å²) < 4.78 is 0. The number of carboxylic acid groups (broad SMARTS) is 1. The van der Waals surface area contributed by atoms with Crippen LogP contribution in [-0.4, -0.2) is 65.9 Å². The molecule has 0 bridgehead atoms. The van der Waals surface area contributed by atoms with Crippen molar-refractivity contribution in [3.05, 3.63) is 0 Å². The number of aliphatic carboxylic acids is 1. The maximum absolute atomic E-state index is 12.0. The first kappa shape index (κ1) is 25.3. The van der Waals surface area contributed by atoms with Crippen molar-refractivity contribution in [3.8, 4) is 0 Å². The molecule has 0 aromatic rings. The van der Waals surface area contributed by atoms with E-state index < -0.39 is 54.3 Å². The quantitative estimate of drug-likeness (QED) is 0.147. The second-order valence-electron chi connectivity index (χ2n) is 6.30. The molecule has 0 spiro atoms. The average molecular weight is 402 g/mol. The van der Waals surface area contributed by atoms with Crippen LogP contribution < -0.4 is 33.2 Å². The van der Waals surface area contributed by atoms with Crippen molar-refractivity contribution < 1.29 is 29.1 Å². The third-order valence-corrected chi connectivity index (χ3v) is 3.79. The van der Waals surface area contributed by atoms with E-state index in [4.69, 9.17) is 22.3 Å². The molecular weight excluding hydrogens is 372 g/mol. The summed E-state index contributed by atoms with van der Waals surface area (Å²) in [6, 6.07) is -3.02. The van der Waals surface area contributed by atoms with E-state index in [1.807, 2.05) is 0 Å². The van der Waals surface area contributed by atoms with E-state index in [9.17, 15) is 24.0 Å². The Morgan fingerprint density at radius 1 is 1.00 bits per heavy atom. The Morgan fingerprint density at radius 3 is 2.18 bits per heavy atom. The zero-order chi connectivity index (χ0) is 21.7. The number of amides is 4. The summed E-state index contributed by atoms with van der Waals surface area (Å²) >= 11 is 0. The van der Waals surface area contributed by atoms with Crippen molar-refractivity contribution in [1.29, 1.82) is 0 Å². The molecule has 12 heteroatoms. The minimum absolute atomic E-state index is 0.168. The second kappa shape index (κ2) is 13.4.